The van der Waals surface area contributed by atoms with Crippen molar-refractivity contribution in [3.63, 3.8) is 0 Å². The number of rotatable bonds is 7. The standard InChI is InChI=1S/C18H27I2N3O2/c19-16-9-15(18(24)17(20)10-16)12-21-11-14-1-2-23(13-14)4-3-22-5-7-25-8-6-22/h9-10,14,21,24H,1-8,11-13H2/t14-/m1/s1. The molecule has 2 fully saturated rings. The summed E-state index contributed by atoms with van der Waals surface area (Å²) in [5.41, 5.74) is 0.999. The van der Waals surface area contributed by atoms with Gasteiger partial charge in [0.25, 0.3) is 0 Å². The number of likely N-dealkylation sites (tertiary alicyclic amines) is 1. The number of morpholine rings is 1. The molecule has 0 aromatic heterocycles. The molecule has 2 saturated heterocycles. The Balaban J connectivity index is 1.36. The highest BCUT2D eigenvalue weighted by molar-refractivity contribution is 14.1. The fourth-order valence-electron chi connectivity index (χ4n) is 3.56. The van der Waals surface area contributed by atoms with Gasteiger partial charge < -0.3 is 20.1 Å². The highest BCUT2D eigenvalue weighted by Gasteiger charge is 2.22. The first-order chi connectivity index (χ1) is 12.1. The molecule has 140 valence electrons. The zero-order valence-corrected chi connectivity index (χ0v) is 18.8. The Bertz CT molecular complexity index is 567. The van der Waals surface area contributed by atoms with E-state index in [1.807, 2.05) is 6.07 Å². The number of phenols is 1. The lowest BCUT2D eigenvalue weighted by molar-refractivity contribution is 0.0342. The van der Waals surface area contributed by atoms with Crippen LogP contribution in [0.3, 0.4) is 0 Å². The summed E-state index contributed by atoms with van der Waals surface area (Å²) in [5, 5.41) is 13.7. The predicted molar refractivity (Wildman–Crippen MR) is 117 cm³/mol. The Labute approximate surface area is 177 Å². The van der Waals surface area contributed by atoms with Gasteiger partial charge in [-0.2, -0.15) is 0 Å². The molecule has 5 nitrogen and oxygen atoms in total. The summed E-state index contributed by atoms with van der Waals surface area (Å²) in [5.74, 6) is 1.14. The third-order valence-electron chi connectivity index (χ3n) is 5.06. The quantitative estimate of drug-likeness (QED) is 0.493. The summed E-state index contributed by atoms with van der Waals surface area (Å²) < 4.78 is 7.51. The molecule has 1 aromatic rings. The van der Waals surface area contributed by atoms with Gasteiger partial charge in [0.15, 0.2) is 0 Å². The van der Waals surface area contributed by atoms with Gasteiger partial charge in [0.2, 0.25) is 0 Å². The number of phenolic OH excluding ortho intramolecular Hbond substituents is 1. The fraction of sp³-hybridized carbons (Fsp3) is 0.667. The minimum absolute atomic E-state index is 0.423. The van der Waals surface area contributed by atoms with E-state index in [0.29, 0.717) is 11.7 Å². The highest BCUT2D eigenvalue weighted by atomic mass is 127. The van der Waals surface area contributed by atoms with E-state index in [4.69, 9.17) is 4.74 Å². The van der Waals surface area contributed by atoms with Crippen LogP contribution in [0.25, 0.3) is 0 Å². The van der Waals surface area contributed by atoms with Gasteiger partial charge in [-0.1, -0.05) is 0 Å². The molecule has 2 aliphatic rings. The maximum Gasteiger partial charge on any atom is 0.133 e. The van der Waals surface area contributed by atoms with Crippen molar-refractivity contribution in [3.05, 3.63) is 24.8 Å². The maximum absolute atomic E-state index is 10.2. The number of benzene rings is 1. The first-order valence-corrected chi connectivity index (χ1v) is 11.2. The van der Waals surface area contributed by atoms with Crippen molar-refractivity contribution in [1.82, 2.24) is 15.1 Å². The van der Waals surface area contributed by atoms with Crippen LogP contribution in [0.2, 0.25) is 0 Å². The fourth-order valence-corrected chi connectivity index (χ4v) is 5.52. The number of nitrogens with zero attached hydrogens (tertiary/aromatic N) is 2. The van der Waals surface area contributed by atoms with Crippen molar-refractivity contribution in [2.45, 2.75) is 13.0 Å². The van der Waals surface area contributed by atoms with Crippen molar-refractivity contribution in [2.75, 3.05) is 59.0 Å². The highest BCUT2D eigenvalue weighted by Crippen LogP contribution is 2.27. The van der Waals surface area contributed by atoms with E-state index in [2.05, 4.69) is 66.4 Å². The topological polar surface area (TPSA) is 48.0 Å². The van der Waals surface area contributed by atoms with Gasteiger partial charge in [-0.25, -0.2) is 0 Å². The van der Waals surface area contributed by atoms with E-state index < -0.39 is 0 Å². The number of hydrogen-bond donors (Lipinski definition) is 2. The normalized spacial score (nSPS) is 22.6. The molecule has 1 aromatic carbocycles. The summed E-state index contributed by atoms with van der Waals surface area (Å²) in [6.07, 6.45) is 1.27. The first kappa shape index (κ1) is 20.1. The van der Waals surface area contributed by atoms with E-state index in [0.717, 1.165) is 55.1 Å². The molecular formula is C18H27I2N3O2. The molecule has 0 amide bonds. The zero-order chi connectivity index (χ0) is 17.6. The van der Waals surface area contributed by atoms with E-state index >= 15 is 0 Å². The average molecular weight is 571 g/mol. The Morgan fingerprint density at radius 3 is 2.68 bits per heavy atom. The van der Waals surface area contributed by atoms with Crippen molar-refractivity contribution < 1.29 is 9.84 Å². The zero-order valence-electron chi connectivity index (χ0n) is 14.5. The molecule has 25 heavy (non-hydrogen) atoms. The summed E-state index contributed by atoms with van der Waals surface area (Å²) in [6, 6.07) is 4.07. The second-order valence-corrected chi connectivity index (χ2v) is 9.34. The van der Waals surface area contributed by atoms with Crippen LogP contribution >= 0.6 is 45.2 Å². The van der Waals surface area contributed by atoms with Crippen LogP contribution in [0.5, 0.6) is 5.75 Å². The SMILES string of the molecule is Oc1c(I)cc(I)cc1CNC[C@H]1CCN(CCN2CCOCC2)C1. The molecule has 0 saturated carbocycles. The number of nitrogens with one attached hydrogen (secondary N) is 1. The summed E-state index contributed by atoms with van der Waals surface area (Å²) >= 11 is 4.50. The molecule has 0 radical (unpaired) electrons. The van der Waals surface area contributed by atoms with Crippen LogP contribution < -0.4 is 5.32 Å². The first-order valence-electron chi connectivity index (χ1n) is 9.02. The van der Waals surface area contributed by atoms with Crippen LogP contribution in [0.1, 0.15) is 12.0 Å². The molecule has 0 aliphatic carbocycles. The van der Waals surface area contributed by atoms with Crippen LogP contribution in [0.15, 0.2) is 12.1 Å². The van der Waals surface area contributed by atoms with Crippen LogP contribution in [0.4, 0.5) is 0 Å². The van der Waals surface area contributed by atoms with Crippen molar-refractivity contribution >= 4 is 45.2 Å². The van der Waals surface area contributed by atoms with E-state index in [1.165, 1.54) is 29.6 Å². The third-order valence-corrected chi connectivity index (χ3v) is 6.51. The Morgan fingerprint density at radius 2 is 1.88 bits per heavy atom. The smallest absolute Gasteiger partial charge is 0.133 e. The van der Waals surface area contributed by atoms with Crippen LogP contribution in [0, 0.1) is 13.1 Å². The van der Waals surface area contributed by atoms with Gasteiger partial charge in [-0.15, -0.1) is 0 Å². The lowest BCUT2D eigenvalue weighted by Crippen LogP contribution is -2.41. The van der Waals surface area contributed by atoms with E-state index in [1.54, 1.807) is 0 Å². The number of halogens is 2. The van der Waals surface area contributed by atoms with Crippen molar-refractivity contribution in [2.24, 2.45) is 5.92 Å². The van der Waals surface area contributed by atoms with E-state index in [-0.39, 0.29) is 0 Å². The Kier molecular flexibility index (Phi) is 8.05. The van der Waals surface area contributed by atoms with Crippen molar-refractivity contribution in [1.29, 1.82) is 0 Å². The van der Waals surface area contributed by atoms with E-state index in [9.17, 15) is 5.11 Å². The molecule has 0 unspecified atom stereocenters. The van der Waals surface area contributed by atoms with Crippen molar-refractivity contribution in [3.8, 4) is 5.75 Å². The van der Waals surface area contributed by atoms with Gasteiger partial charge in [0, 0.05) is 48.4 Å². The molecule has 0 spiro atoms. The molecule has 1 atom stereocenters. The van der Waals surface area contributed by atoms with Gasteiger partial charge in [-0.05, 0) is 82.7 Å². The minimum atomic E-state index is 0.423. The Morgan fingerprint density at radius 1 is 1.12 bits per heavy atom. The predicted octanol–water partition coefficient (Wildman–Crippen LogP) is 2.35. The second kappa shape index (κ2) is 10.0. The molecule has 2 heterocycles. The Hall–Kier alpha value is 0.320. The average Bonchev–Trinajstić information content (AvgIpc) is 3.06. The number of aromatic hydroxyl groups is 1. The largest absolute Gasteiger partial charge is 0.507 e. The van der Waals surface area contributed by atoms with Crippen LogP contribution in [-0.4, -0.2) is 73.9 Å². The summed E-state index contributed by atoms with van der Waals surface area (Å²) in [4.78, 5) is 5.10. The molecule has 2 N–H and O–H groups in total. The molecule has 0 bridgehead atoms. The molecular weight excluding hydrogens is 544 g/mol. The minimum Gasteiger partial charge on any atom is -0.507 e. The van der Waals surface area contributed by atoms with Crippen LogP contribution in [-0.2, 0) is 11.3 Å². The van der Waals surface area contributed by atoms with Gasteiger partial charge in [0.1, 0.15) is 5.75 Å². The number of ether oxygens (including phenoxy) is 1. The molecule has 2 aliphatic heterocycles. The monoisotopic (exact) mass is 571 g/mol. The summed E-state index contributed by atoms with van der Waals surface area (Å²) in [7, 11) is 0. The lowest BCUT2D eigenvalue weighted by Gasteiger charge is -2.28. The molecule has 3 rings (SSSR count). The van der Waals surface area contributed by atoms with Gasteiger partial charge in [0.05, 0.1) is 16.8 Å². The number of hydrogen-bond acceptors (Lipinski definition) is 5. The van der Waals surface area contributed by atoms with Gasteiger partial charge >= 0.3 is 0 Å². The van der Waals surface area contributed by atoms with Gasteiger partial charge in [-0.3, -0.25) is 4.90 Å². The maximum atomic E-state index is 10.2. The third kappa shape index (κ3) is 6.17. The summed E-state index contributed by atoms with van der Waals surface area (Å²) in [6.45, 7) is 10.4. The second-order valence-electron chi connectivity index (χ2n) is 6.94. The molecule has 7 heteroatoms. The lowest BCUT2D eigenvalue weighted by atomic mass is 10.1.